The van der Waals surface area contributed by atoms with Crippen molar-refractivity contribution in [3.05, 3.63) is 24.0 Å². The monoisotopic (exact) mass is 271 g/mol. The number of alkyl halides is 3. The number of hydrogen-bond acceptors (Lipinski definition) is 3. The van der Waals surface area contributed by atoms with Crippen molar-refractivity contribution in [2.45, 2.75) is 37.5 Å². The maximum atomic E-state index is 12.5. The highest BCUT2D eigenvalue weighted by molar-refractivity contribution is 5.51. The number of halogens is 3. The molecule has 6 heteroatoms. The Kier molecular flexibility index (Phi) is 2.92. The number of aromatic nitrogens is 1. The molecule has 2 aliphatic rings. The fourth-order valence-corrected chi connectivity index (χ4v) is 3.12. The molecule has 0 bridgehead atoms. The van der Waals surface area contributed by atoms with E-state index in [4.69, 9.17) is 5.73 Å². The quantitative estimate of drug-likeness (QED) is 0.918. The van der Waals surface area contributed by atoms with Crippen molar-refractivity contribution < 1.29 is 13.2 Å². The smallest absolute Gasteiger partial charge is 0.364 e. The zero-order valence-electron chi connectivity index (χ0n) is 10.4. The highest BCUT2D eigenvalue weighted by Crippen LogP contribution is 2.50. The summed E-state index contributed by atoms with van der Waals surface area (Å²) in [6.45, 7) is 0.606. The molecule has 1 saturated heterocycles. The number of rotatable bonds is 3. The lowest BCUT2D eigenvalue weighted by Crippen LogP contribution is -2.34. The Hall–Kier alpha value is -1.30. The average Bonchev–Trinajstić information content (AvgIpc) is 3.01. The van der Waals surface area contributed by atoms with Gasteiger partial charge in [0.2, 0.25) is 0 Å². The molecule has 3 atom stereocenters. The Morgan fingerprint density at radius 3 is 2.68 bits per heavy atom. The zero-order chi connectivity index (χ0) is 13.6. The predicted octanol–water partition coefficient (Wildman–Crippen LogP) is 2.42. The van der Waals surface area contributed by atoms with Crippen molar-refractivity contribution in [2.24, 2.45) is 11.7 Å². The van der Waals surface area contributed by atoms with Gasteiger partial charge in [-0.2, -0.15) is 13.2 Å². The van der Waals surface area contributed by atoms with Crippen LogP contribution in [0.5, 0.6) is 0 Å². The summed E-state index contributed by atoms with van der Waals surface area (Å²) in [5, 5.41) is 0. The molecule has 3 unspecified atom stereocenters. The minimum atomic E-state index is -4.37. The van der Waals surface area contributed by atoms with Crippen LogP contribution in [0.2, 0.25) is 0 Å². The molecule has 1 aromatic heterocycles. The Bertz CT molecular complexity index is 457. The second-order valence-corrected chi connectivity index (χ2v) is 5.34. The van der Waals surface area contributed by atoms with E-state index >= 15 is 0 Å². The third-order valence-corrected chi connectivity index (χ3v) is 4.05. The van der Waals surface area contributed by atoms with Gasteiger partial charge in [0, 0.05) is 12.1 Å². The minimum Gasteiger partial charge on any atom is -0.364 e. The van der Waals surface area contributed by atoms with Crippen LogP contribution < -0.4 is 10.6 Å². The summed E-state index contributed by atoms with van der Waals surface area (Å²) in [5.74, 6) is 0.693. The van der Waals surface area contributed by atoms with Crippen molar-refractivity contribution in [1.82, 2.24) is 4.98 Å². The van der Waals surface area contributed by atoms with Crippen LogP contribution >= 0.6 is 0 Å². The fourth-order valence-electron chi connectivity index (χ4n) is 3.12. The van der Waals surface area contributed by atoms with E-state index in [0.29, 0.717) is 24.5 Å². The predicted molar refractivity (Wildman–Crippen MR) is 65.7 cm³/mol. The summed E-state index contributed by atoms with van der Waals surface area (Å²) in [5.41, 5.74) is 5.55. The van der Waals surface area contributed by atoms with Gasteiger partial charge in [-0.1, -0.05) is 0 Å². The van der Waals surface area contributed by atoms with Crippen molar-refractivity contribution in [3.8, 4) is 0 Å². The topological polar surface area (TPSA) is 42.1 Å². The minimum absolute atomic E-state index is 0.354. The average molecular weight is 271 g/mol. The normalized spacial score (nSPS) is 29.5. The molecule has 2 fully saturated rings. The Labute approximate surface area is 109 Å². The van der Waals surface area contributed by atoms with E-state index in [1.165, 1.54) is 12.3 Å². The van der Waals surface area contributed by atoms with Crippen LogP contribution in [0.1, 0.15) is 25.0 Å². The molecule has 1 aromatic rings. The van der Waals surface area contributed by atoms with Gasteiger partial charge in [-0.05, 0) is 43.9 Å². The maximum absolute atomic E-state index is 12.5. The molecule has 104 valence electrons. The molecule has 0 radical (unpaired) electrons. The number of pyridine rings is 1. The number of hydrogen-bond donors (Lipinski definition) is 1. The highest BCUT2D eigenvalue weighted by Gasteiger charge is 2.51. The summed E-state index contributed by atoms with van der Waals surface area (Å²) in [6, 6.07) is 3.42. The first-order chi connectivity index (χ1) is 9.00. The number of nitrogens with two attached hydrogens (primary N) is 1. The number of nitrogens with zero attached hydrogens (tertiary/aromatic N) is 2. The lowest BCUT2D eigenvalue weighted by molar-refractivity contribution is -0.141. The van der Waals surface area contributed by atoms with E-state index in [9.17, 15) is 13.2 Å². The highest BCUT2D eigenvalue weighted by atomic mass is 19.4. The lowest BCUT2D eigenvalue weighted by Gasteiger charge is -2.29. The molecular formula is C13H16F3N3. The van der Waals surface area contributed by atoms with Gasteiger partial charge in [-0.25, -0.2) is 4.98 Å². The van der Waals surface area contributed by atoms with Gasteiger partial charge in [0.15, 0.2) is 0 Å². The molecule has 1 aliphatic heterocycles. The third-order valence-electron chi connectivity index (χ3n) is 4.05. The van der Waals surface area contributed by atoms with Crippen LogP contribution in [0, 0.1) is 5.92 Å². The molecule has 0 spiro atoms. The first-order valence-corrected chi connectivity index (χ1v) is 6.52. The Balaban J connectivity index is 1.81. The summed E-state index contributed by atoms with van der Waals surface area (Å²) in [4.78, 5) is 5.76. The Morgan fingerprint density at radius 2 is 2.11 bits per heavy atom. The summed E-state index contributed by atoms with van der Waals surface area (Å²) in [6.07, 6.45) is 0.0916. The fraction of sp³-hybridized carbons (Fsp3) is 0.615. The summed E-state index contributed by atoms with van der Waals surface area (Å²) >= 11 is 0. The Morgan fingerprint density at radius 1 is 1.32 bits per heavy atom. The van der Waals surface area contributed by atoms with E-state index in [2.05, 4.69) is 9.88 Å². The van der Waals surface area contributed by atoms with Gasteiger partial charge < -0.3 is 10.6 Å². The van der Waals surface area contributed by atoms with E-state index in [-0.39, 0.29) is 0 Å². The van der Waals surface area contributed by atoms with Crippen molar-refractivity contribution in [3.63, 3.8) is 0 Å². The van der Waals surface area contributed by atoms with Crippen LogP contribution in [-0.2, 0) is 6.18 Å². The van der Waals surface area contributed by atoms with Crippen LogP contribution in [0.15, 0.2) is 18.3 Å². The zero-order valence-corrected chi connectivity index (χ0v) is 10.4. The molecule has 19 heavy (non-hydrogen) atoms. The van der Waals surface area contributed by atoms with Gasteiger partial charge >= 0.3 is 6.18 Å². The SMILES string of the molecule is NCCC1CC2CC2N1c1ccc(C(F)(F)F)nc1. The summed E-state index contributed by atoms with van der Waals surface area (Å²) < 4.78 is 37.5. The molecule has 0 aromatic carbocycles. The van der Waals surface area contributed by atoms with Crippen LogP contribution in [0.3, 0.4) is 0 Å². The molecule has 3 rings (SSSR count). The number of anilines is 1. The molecule has 1 saturated carbocycles. The van der Waals surface area contributed by atoms with E-state index < -0.39 is 11.9 Å². The van der Waals surface area contributed by atoms with Crippen molar-refractivity contribution in [2.75, 3.05) is 11.4 Å². The van der Waals surface area contributed by atoms with Crippen LogP contribution in [0.25, 0.3) is 0 Å². The standard InChI is InChI=1S/C13H16F3N3/c14-13(15,16)12-2-1-10(7-18-12)19-9(3-4-17)5-8-6-11(8)19/h1-2,7-9,11H,3-6,17H2. The first kappa shape index (κ1) is 12.7. The largest absolute Gasteiger partial charge is 0.433 e. The van der Waals surface area contributed by atoms with Crippen molar-refractivity contribution >= 4 is 5.69 Å². The molecular weight excluding hydrogens is 255 g/mol. The second-order valence-electron chi connectivity index (χ2n) is 5.34. The second kappa shape index (κ2) is 4.37. The molecule has 3 nitrogen and oxygen atoms in total. The summed E-state index contributed by atoms with van der Waals surface area (Å²) in [7, 11) is 0. The third kappa shape index (κ3) is 2.29. The van der Waals surface area contributed by atoms with E-state index in [0.717, 1.165) is 31.0 Å². The molecule has 2 heterocycles. The van der Waals surface area contributed by atoms with E-state index in [1.54, 1.807) is 0 Å². The van der Waals surface area contributed by atoms with Gasteiger partial charge in [0.1, 0.15) is 5.69 Å². The van der Waals surface area contributed by atoms with E-state index in [1.807, 2.05) is 0 Å². The molecule has 2 N–H and O–H groups in total. The number of fused-ring (bicyclic) bond motifs is 1. The van der Waals surface area contributed by atoms with Gasteiger partial charge in [0.05, 0.1) is 11.9 Å². The maximum Gasteiger partial charge on any atom is 0.433 e. The van der Waals surface area contributed by atoms with Gasteiger partial charge in [0.25, 0.3) is 0 Å². The van der Waals surface area contributed by atoms with Gasteiger partial charge in [-0.15, -0.1) is 0 Å². The van der Waals surface area contributed by atoms with Gasteiger partial charge in [-0.3, -0.25) is 0 Å². The van der Waals surface area contributed by atoms with Crippen molar-refractivity contribution in [1.29, 1.82) is 0 Å². The molecule has 1 aliphatic carbocycles. The van der Waals surface area contributed by atoms with Crippen LogP contribution in [-0.4, -0.2) is 23.6 Å². The lowest BCUT2D eigenvalue weighted by atomic mass is 10.1. The first-order valence-electron chi connectivity index (χ1n) is 6.52. The number of piperidine rings is 1. The molecule has 0 amide bonds. The van der Waals surface area contributed by atoms with Crippen LogP contribution in [0.4, 0.5) is 18.9 Å².